The van der Waals surface area contributed by atoms with E-state index in [1.807, 2.05) is 19.1 Å². The molecule has 0 aliphatic carbocycles. The Bertz CT molecular complexity index is 1210. The van der Waals surface area contributed by atoms with E-state index in [-0.39, 0.29) is 11.5 Å². The number of aryl methyl sites for hydroxylation is 1. The molecule has 0 aliphatic heterocycles. The van der Waals surface area contributed by atoms with E-state index in [9.17, 15) is 14.4 Å². The summed E-state index contributed by atoms with van der Waals surface area (Å²) >= 11 is 5.83. The number of carbonyl (C=O) groups excluding carboxylic acids is 3. The molecule has 168 valence electrons. The monoisotopic (exact) mass is 465 g/mol. The van der Waals surface area contributed by atoms with E-state index in [1.54, 1.807) is 48.5 Å². The van der Waals surface area contributed by atoms with Crippen molar-refractivity contribution >= 4 is 41.3 Å². The fourth-order valence-electron chi connectivity index (χ4n) is 2.70. The smallest absolute Gasteiger partial charge is 0.343 e. The molecule has 3 aromatic carbocycles. The van der Waals surface area contributed by atoms with Gasteiger partial charge in [-0.1, -0.05) is 29.8 Å². The van der Waals surface area contributed by atoms with Crippen LogP contribution >= 0.6 is 11.6 Å². The first-order valence-electron chi connectivity index (χ1n) is 9.73. The number of nitrogens with zero attached hydrogens (tertiary/aromatic N) is 1. The molecular weight excluding hydrogens is 446 g/mol. The highest BCUT2D eigenvalue weighted by molar-refractivity contribution is 6.39. The SMILES string of the molecule is COc1cc(/C=N\NC(=O)C(=O)Nc2ccccc2C)ccc1OC(=O)c1ccc(Cl)cc1. The number of nitrogens with one attached hydrogen (secondary N) is 2. The van der Waals surface area contributed by atoms with E-state index >= 15 is 0 Å². The Labute approximate surface area is 195 Å². The minimum Gasteiger partial charge on any atom is -0.493 e. The summed E-state index contributed by atoms with van der Waals surface area (Å²) in [6.45, 7) is 1.81. The topological polar surface area (TPSA) is 106 Å². The van der Waals surface area contributed by atoms with Gasteiger partial charge in [-0.15, -0.1) is 0 Å². The summed E-state index contributed by atoms with van der Waals surface area (Å²) in [4.78, 5) is 36.3. The quantitative estimate of drug-likeness (QED) is 0.188. The molecule has 0 radical (unpaired) electrons. The van der Waals surface area contributed by atoms with Gasteiger partial charge in [0.15, 0.2) is 11.5 Å². The fourth-order valence-corrected chi connectivity index (χ4v) is 2.83. The summed E-state index contributed by atoms with van der Waals surface area (Å²) in [5.41, 5.74) is 4.40. The average molecular weight is 466 g/mol. The minimum atomic E-state index is -0.921. The predicted molar refractivity (Wildman–Crippen MR) is 125 cm³/mol. The first-order valence-corrected chi connectivity index (χ1v) is 10.1. The first kappa shape index (κ1) is 23.5. The number of hydrazone groups is 1. The molecule has 0 atom stereocenters. The lowest BCUT2D eigenvalue weighted by atomic mass is 10.2. The second-order valence-electron chi connectivity index (χ2n) is 6.77. The second kappa shape index (κ2) is 10.9. The molecule has 0 unspecified atom stereocenters. The number of ether oxygens (including phenoxy) is 2. The second-order valence-corrected chi connectivity index (χ2v) is 7.21. The molecule has 0 heterocycles. The van der Waals surface area contributed by atoms with Gasteiger partial charge in [0.2, 0.25) is 0 Å². The highest BCUT2D eigenvalue weighted by atomic mass is 35.5. The summed E-state index contributed by atoms with van der Waals surface area (Å²) in [6, 6.07) is 18.1. The lowest BCUT2D eigenvalue weighted by Crippen LogP contribution is -2.32. The summed E-state index contributed by atoms with van der Waals surface area (Å²) in [5, 5.41) is 6.81. The van der Waals surface area contributed by atoms with Crippen LogP contribution in [0.1, 0.15) is 21.5 Å². The van der Waals surface area contributed by atoms with Crippen LogP contribution < -0.4 is 20.2 Å². The van der Waals surface area contributed by atoms with E-state index in [1.165, 1.54) is 19.4 Å². The van der Waals surface area contributed by atoms with Crippen molar-refractivity contribution in [2.45, 2.75) is 6.92 Å². The third kappa shape index (κ3) is 6.41. The molecular formula is C24H20ClN3O5. The number of hydrogen-bond donors (Lipinski definition) is 2. The van der Waals surface area contributed by atoms with Crippen molar-refractivity contribution in [3.8, 4) is 11.5 Å². The lowest BCUT2D eigenvalue weighted by Gasteiger charge is -2.10. The minimum absolute atomic E-state index is 0.205. The van der Waals surface area contributed by atoms with Crippen LogP contribution in [0, 0.1) is 6.92 Å². The molecule has 0 bridgehead atoms. The van der Waals surface area contributed by atoms with Gasteiger partial charge in [0.1, 0.15) is 0 Å². The molecule has 2 N–H and O–H groups in total. The maximum atomic E-state index is 12.3. The molecule has 2 amide bonds. The van der Waals surface area contributed by atoms with Crippen LogP contribution in [0.4, 0.5) is 5.69 Å². The summed E-state index contributed by atoms with van der Waals surface area (Å²) in [5.74, 6) is -1.85. The Morgan fingerprint density at radius 2 is 1.67 bits per heavy atom. The Kier molecular flexibility index (Phi) is 7.77. The van der Waals surface area contributed by atoms with E-state index in [0.717, 1.165) is 5.56 Å². The normalized spacial score (nSPS) is 10.5. The van der Waals surface area contributed by atoms with Gasteiger partial charge in [0, 0.05) is 10.7 Å². The van der Waals surface area contributed by atoms with Crippen LogP contribution in [0.5, 0.6) is 11.5 Å². The molecule has 0 fully saturated rings. The third-order valence-corrected chi connectivity index (χ3v) is 4.70. The lowest BCUT2D eigenvalue weighted by molar-refractivity contribution is -0.136. The van der Waals surface area contributed by atoms with Crippen molar-refractivity contribution in [1.29, 1.82) is 0 Å². The third-order valence-electron chi connectivity index (χ3n) is 4.45. The zero-order valence-electron chi connectivity index (χ0n) is 17.8. The summed E-state index contributed by atoms with van der Waals surface area (Å²) in [6.07, 6.45) is 1.33. The maximum absolute atomic E-state index is 12.3. The Hall–Kier alpha value is -4.17. The Morgan fingerprint density at radius 3 is 2.36 bits per heavy atom. The van der Waals surface area contributed by atoms with Crippen LogP contribution in [-0.4, -0.2) is 31.1 Å². The van der Waals surface area contributed by atoms with Crippen molar-refractivity contribution < 1.29 is 23.9 Å². The van der Waals surface area contributed by atoms with Gasteiger partial charge in [-0.3, -0.25) is 9.59 Å². The van der Waals surface area contributed by atoms with E-state index < -0.39 is 17.8 Å². The summed E-state index contributed by atoms with van der Waals surface area (Å²) in [7, 11) is 1.42. The highest BCUT2D eigenvalue weighted by Gasteiger charge is 2.15. The van der Waals surface area contributed by atoms with E-state index in [2.05, 4.69) is 15.8 Å². The van der Waals surface area contributed by atoms with Crippen molar-refractivity contribution in [2.75, 3.05) is 12.4 Å². The van der Waals surface area contributed by atoms with E-state index in [4.69, 9.17) is 21.1 Å². The van der Waals surface area contributed by atoms with Gasteiger partial charge >= 0.3 is 17.8 Å². The van der Waals surface area contributed by atoms with Gasteiger partial charge in [-0.25, -0.2) is 10.2 Å². The van der Waals surface area contributed by atoms with Crippen LogP contribution in [0.3, 0.4) is 0 Å². The van der Waals surface area contributed by atoms with E-state index in [0.29, 0.717) is 21.8 Å². The number of halogens is 1. The zero-order valence-corrected chi connectivity index (χ0v) is 18.6. The molecule has 0 aromatic heterocycles. The number of hydrogen-bond acceptors (Lipinski definition) is 6. The van der Waals surface area contributed by atoms with Gasteiger partial charge in [0.25, 0.3) is 0 Å². The number of amides is 2. The van der Waals surface area contributed by atoms with Crippen molar-refractivity contribution in [3.63, 3.8) is 0 Å². The maximum Gasteiger partial charge on any atom is 0.343 e. The van der Waals surface area contributed by atoms with Crippen molar-refractivity contribution in [1.82, 2.24) is 5.43 Å². The molecule has 9 heteroatoms. The number of benzene rings is 3. The molecule has 8 nitrogen and oxygen atoms in total. The fraction of sp³-hybridized carbons (Fsp3) is 0.0833. The van der Waals surface area contributed by atoms with Crippen LogP contribution in [-0.2, 0) is 9.59 Å². The number of para-hydroxylation sites is 1. The molecule has 0 saturated heterocycles. The Balaban J connectivity index is 1.61. The van der Waals surface area contributed by atoms with Crippen LogP contribution in [0.25, 0.3) is 0 Å². The van der Waals surface area contributed by atoms with Crippen LogP contribution in [0.2, 0.25) is 5.02 Å². The molecule has 33 heavy (non-hydrogen) atoms. The van der Waals surface area contributed by atoms with Gasteiger partial charge < -0.3 is 14.8 Å². The van der Waals surface area contributed by atoms with Crippen LogP contribution in [0.15, 0.2) is 71.8 Å². The van der Waals surface area contributed by atoms with Crippen molar-refractivity contribution in [2.24, 2.45) is 5.10 Å². The van der Waals surface area contributed by atoms with Gasteiger partial charge in [-0.05, 0) is 66.6 Å². The van der Waals surface area contributed by atoms with Crippen molar-refractivity contribution in [3.05, 3.63) is 88.4 Å². The molecule has 3 rings (SSSR count). The number of rotatable bonds is 6. The largest absolute Gasteiger partial charge is 0.493 e. The number of esters is 1. The molecule has 0 aliphatic rings. The van der Waals surface area contributed by atoms with Gasteiger partial charge in [-0.2, -0.15) is 5.10 Å². The standard InChI is InChI=1S/C24H20ClN3O5/c1-15-5-3-4-6-19(15)27-22(29)23(30)28-26-14-16-7-12-20(21(13-16)32-2)33-24(31)17-8-10-18(25)11-9-17/h3-14H,1-2H3,(H,27,29)(H,28,30)/b26-14-. The zero-order chi connectivity index (χ0) is 23.8. The first-order chi connectivity index (χ1) is 15.9. The highest BCUT2D eigenvalue weighted by Crippen LogP contribution is 2.28. The molecule has 3 aromatic rings. The predicted octanol–water partition coefficient (Wildman–Crippen LogP) is 3.97. The van der Waals surface area contributed by atoms with Gasteiger partial charge in [0.05, 0.1) is 18.9 Å². The number of anilines is 1. The average Bonchev–Trinajstić information content (AvgIpc) is 2.81. The Morgan fingerprint density at radius 1 is 0.939 bits per heavy atom. The number of methoxy groups -OCH3 is 1. The molecule has 0 saturated carbocycles. The number of carbonyl (C=O) groups is 3. The molecule has 0 spiro atoms. The summed E-state index contributed by atoms with van der Waals surface area (Å²) < 4.78 is 10.7.